The average molecular weight is 330 g/mol. The Hall–Kier alpha value is -3.47. The highest BCUT2D eigenvalue weighted by Gasteiger charge is 2.09. The van der Waals surface area contributed by atoms with Gasteiger partial charge in [-0.1, -0.05) is 36.4 Å². The van der Waals surface area contributed by atoms with Crippen LogP contribution in [0, 0.1) is 0 Å². The van der Waals surface area contributed by atoms with Crippen molar-refractivity contribution in [1.82, 2.24) is 10.2 Å². The van der Waals surface area contributed by atoms with Crippen LogP contribution in [-0.2, 0) is 0 Å². The molecule has 0 N–H and O–H groups in total. The zero-order valence-corrected chi connectivity index (χ0v) is 13.3. The van der Waals surface area contributed by atoms with Crippen molar-refractivity contribution in [2.45, 2.75) is 0 Å². The van der Waals surface area contributed by atoms with Gasteiger partial charge >= 0.3 is 0 Å². The second-order valence-electron chi connectivity index (χ2n) is 5.54. The maximum absolute atomic E-state index is 12.4. The monoisotopic (exact) mass is 330 g/mol. The maximum atomic E-state index is 12.4. The van der Waals surface area contributed by atoms with Crippen molar-refractivity contribution in [1.29, 1.82) is 0 Å². The van der Waals surface area contributed by atoms with Crippen molar-refractivity contribution >= 4 is 16.6 Å². The number of hydrogen-bond acceptors (Lipinski definition) is 5. The van der Waals surface area contributed by atoms with Crippen LogP contribution >= 0.6 is 0 Å². The molecule has 25 heavy (non-hydrogen) atoms. The number of carbonyl (C=O) groups is 1. The molecule has 0 aliphatic rings. The molecule has 4 rings (SSSR count). The molecule has 0 aliphatic heterocycles. The number of rotatable bonds is 5. The standard InChI is InChI=1S/C20H14N2O3/c23-19(17-6-5-14-3-1-2-4-16(14)11-17)12-24-18-9-7-15(8-10-18)20-22-21-13-25-20/h1-11,13H,12H2. The first kappa shape index (κ1) is 15.1. The molecular weight excluding hydrogens is 316 g/mol. The molecule has 0 fully saturated rings. The van der Waals surface area contributed by atoms with Crippen LogP contribution in [0.3, 0.4) is 0 Å². The van der Waals surface area contributed by atoms with Crippen LogP contribution in [0.5, 0.6) is 5.75 Å². The highest BCUT2D eigenvalue weighted by Crippen LogP contribution is 2.21. The summed E-state index contributed by atoms with van der Waals surface area (Å²) in [4.78, 5) is 12.4. The van der Waals surface area contributed by atoms with Crippen LogP contribution in [0.25, 0.3) is 22.2 Å². The number of ether oxygens (including phenoxy) is 1. The van der Waals surface area contributed by atoms with Crippen LogP contribution < -0.4 is 4.74 Å². The van der Waals surface area contributed by atoms with E-state index in [1.807, 2.05) is 54.6 Å². The number of fused-ring (bicyclic) bond motifs is 1. The zero-order valence-electron chi connectivity index (χ0n) is 13.3. The molecule has 0 bridgehead atoms. The molecule has 1 heterocycles. The first-order valence-electron chi connectivity index (χ1n) is 7.81. The Morgan fingerprint density at radius 1 is 0.960 bits per heavy atom. The van der Waals surface area contributed by atoms with Gasteiger partial charge in [0.25, 0.3) is 0 Å². The van der Waals surface area contributed by atoms with E-state index in [4.69, 9.17) is 9.15 Å². The molecule has 5 nitrogen and oxygen atoms in total. The van der Waals surface area contributed by atoms with Gasteiger partial charge in [-0.05, 0) is 41.1 Å². The van der Waals surface area contributed by atoms with Crippen molar-refractivity contribution in [3.8, 4) is 17.2 Å². The third-order valence-corrected chi connectivity index (χ3v) is 3.90. The van der Waals surface area contributed by atoms with Gasteiger partial charge in [0.1, 0.15) is 5.75 Å². The number of Topliss-reactive ketones (excluding diaryl/α,β-unsaturated/α-hetero) is 1. The first-order valence-corrected chi connectivity index (χ1v) is 7.81. The highest BCUT2D eigenvalue weighted by molar-refractivity contribution is 6.00. The molecule has 1 aromatic heterocycles. The summed E-state index contributed by atoms with van der Waals surface area (Å²) >= 11 is 0. The topological polar surface area (TPSA) is 65.2 Å². The molecule has 0 amide bonds. The van der Waals surface area contributed by atoms with Gasteiger partial charge in [-0.2, -0.15) is 0 Å². The first-order chi connectivity index (χ1) is 12.3. The minimum atomic E-state index is -0.0632. The summed E-state index contributed by atoms with van der Waals surface area (Å²) in [6.45, 7) is -0.0156. The molecule has 0 unspecified atom stereocenters. The average Bonchev–Trinajstić information content (AvgIpc) is 3.21. The minimum Gasteiger partial charge on any atom is -0.485 e. The Balaban J connectivity index is 1.44. The van der Waals surface area contributed by atoms with E-state index < -0.39 is 0 Å². The summed E-state index contributed by atoms with van der Waals surface area (Å²) < 4.78 is 10.7. The quantitative estimate of drug-likeness (QED) is 0.514. The zero-order chi connectivity index (χ0) is 17.1. The predicted octanol–water partition coefficient (Wildman–Crippen LogP) is 4.15. The van der Waals surface area contributed by atoms with E-state index >= 15 is 0 Å². The van der Waals surface area contributed by atoms with E-state index in [9.17, 15) is 4.79 Å². The lowest BCUT2D eigenvalue weighted by atomic mass is 10.0. The maximum Gasteiger partial charge on any atom is 0.247 e. The fraction of sp³-hybridized carbons (Fsp3) is 0.0500. The summed E-state index contributed by atoms with van der Waals surface area (Å²) in [6.07, 6.45) is 1.28. The molecule has 3 aromatic carbocycles. The lowest BCUT2D eigenvalue weighted by Crippen LogP contribution is -2.11. The Labute approximate surface area is 143 Å². The number of carbonyl (C=O) groups excluding carboxylic acids is 1. The minimum absolute atomic E-state index is 0.0156. The van der Waals surface area contributed by atoms with Gasteiger partial charge < -0.3 is 9.15 Å². The van der Waals surface area contributed by atoms with Gasteiger partial charge in [0.15, 0.2) is 12.4 Å². The number of ketones is 1. The molecule has 5 heteroatoms. The largest absolute Gasteiger partial charge is 0.485 e. The summed E-state index contributed by atoms with van der Waals surface area (Å²) in [5.41, 5.74) is 1.44. The van der Waals surface area contributed by atoms with Crippen LogP contribution in [0.15, 0.2) is 77.5 Å². The van der Waals surface area contributed by atoms with Gasteiger partial charge in [-0.15, -0.1) is 10.2 Å². The number of hydrogen-bond donors (Lipinski definition) is 0. The Bertz CT molecular complexity index is 1010. The van der Waals surface area contributed by atoms with Crippen LogP contribution in [0.4, 0.5) is 0 Å². The molecular formula is C20H14N2O3. The predicted molar refractivity (Wildman–Crippen MR) is 93.5 cm³/mol. The van der Waals surface area contributed by atoms with Crippen molar-refractivity contribution < 1.29 is 13.9 Å². The fourth-order valence-electron chi connectivity index (χ4n) is 2.59. The van der Waals surface area contributed by atoms with E-state index in [0.29, 0.717) is 17.2 Å². The van der Waals surface area contributed by atoms with Crippen LogP contribution in [-0.4, -0.2) is 22.6 Å². The SMILES string of the molecule is O=C(COc1ccc(-c2nnco2)cc1)c1ccc2ccccc2c1. The van der Waals surface area contributed by atoms with Gasteiger partial charge in [-0.25, -0.2) is 0 Å². The van der Waals surface area contributed by atoms with Crippen molar-refractivity contribution in [3.05, 3.63) is 78.7 Å². The molecule has 0 aliphatic carbocycles. The second-order valence-corrected chi connectivity index (χ2v) is 5.54. The molecule has 0 saturated carbocycles. The Kier molecular flexibility index (Phi) is 3.96. The summed E-state index contributed by atoms with van der Waals surface area (Å²) in [5.74, 6) is 0.989. The lowest BCUT2D eigenvalue weighted by Gasteiger charge is -2.07. The van der Waals surface area contributed by atoms with Crippen LogP contribution in [0.1, 0.15) is 10.4 Å². The van der Waals surface area contributed by atoms with Gasteiger partial charge in [-0.3, -0.25) is 4.79 Å². The van der Waals surface area contributed by atoms with Gasteiger partial charge in [0.2, 0.25) is 12.3 Å². The van der Waals surface area contributed by atoms with Gasteiger partial charge in [0.05, 0.1) is 0 Å². The van der Waals surface area contributed by atoms with Crippen LogP contribution in [0.2, 0.25) is 0 Å². The van der Waals surface area contributed by atoms with E-state index in [1.54, 1.807) is 12.1 Å². The molecule has 4 aromatic rings. The van der Waals surface area contributed by atoms with Crippen molar-refractivity contribution in [2.75, 3.05) is 6.61 Å². The van der Waals surface area contributed by atoms with Crippen molar-refractivity contribution in [2.24, 2.45) is 0 Å². The third-order valence-electron chi connectivity index (χ3n) is 3.90. The number of benzene rings is 3. The smallest absolute Gasteiger partial charge is 0.247 e. The fourth-order valence-corrected chi connectivity index (χ4v) is 2.59. The lowest BCUT2D eigenvalue weighted by molar-refractivity contribution is 0.0921. The highest BCUT2D eigenvalue weighted by atomic mass is 16.5. The van der Waals surface area contributed by atoms with E-state index in [2.05, 4.69) is 10.2 Å². The molecule has 0 spiro atoms. The second kappa shape index (κ2) is 6.57. The number of nitrogens with zero attached hydrogens (tertiary/aromatic N) is 2. The number of aromatic nitrogens is 2. The Morgan fingerprint density at radius 2 is 1.76 bits per heavy atom. The summed E-state index contributed by atoms with van der Waals surface area (Å²) in [5, 5.41) is 9.63. The van der Waals surface area contributed by atoms with E-state index in [1.165, 1.54) is 6.39 Å². The molecule has 0 saturated heterocycles. The molecule has 0 radical (unpaired) electrons. The molecule has 0 atom stereocenters. The normalized spacial score (nSPS) is 10.7. The third kappa shape index (κ3) is 3.26. The van der Waals surface area contributed by atoms with Gasteiger partial charge in [0, 0.05) is 11.1 Å². The van der Waals surface area contributed by atoms with E-state index in [0.717, 1.165) is 16.3 Å². The Morgan fingerprint density at radius 3 is 2.52 bits per heavy atom. The molecule has 122 valence electrons. The summed E-state index contributed by atoms with van der Waals surface area (Å²) in [7, 11) is 0. The van der Waals surface area contributed by atoms with Crippen molar-refractivity contribution in [3.63, 3.8) is 0 Å². The summed E-state index contributed by atoms with van der Waals surface area (Å²) in [6, 6.07) is 20.8. The van der Waals surface area contributed by atoms with E-state index in [-0.39, 0.29) is 12.4 Å².